The van der Waals surface area contributed by atoms with Crippen molar-refractivity contribution < 1.29 is 38.1 Å². The van der Waals surface area contributed by atoms with E-state index in [4.69, 9.17) is 23.7 Å². The zero-order valence-electron chi connectivity index (χ0n) is 31.8. The number of rotatable bonds is 21. The van der Waals surface area contributed by atoms with Crippen LogP contribution in [0.25, 0.3) is 11.1 Å². The van der Waals surface area contributed by atoms with E-state index in [1.54, 1.807) is 103 Å². The van der Waals surface area contributed by atoms with Gasteiger partial charge in [0.2, 0.25) is 0 Å². The molecule has 0 N–H and O–H groups in total. The van der Waals surface area contributed by atoms with Crippen molar-refractivity contribution in [1.29, 1.82) is 0 Å². The van der Waals surface area contributed by atoms with E-state index in [0.29, 0.717) is 47.2 Å². The first-order valence-electron chi connectivity index (χ1n) is 19.3. The lowest BCUT2D eigenvalue weighted by molar-refractivity contribution is 0.0723. The van der Waals surface area contributed by atoms with Gasteiger partial charge >= 0.3 is 17.9 Å². The molecule has 0 spiro atoms. The molecule has 0 aliphatic carbocycles. The van der Waals surface area contributed by atoms with Crippen LogP contribution in [-0.2, 0) is 0 Å². The third kappa shape index (κ3) is 13.2. The molecule has 0 radical (unpaired) electrons. The molecule has 0 amide bonds. The van der Waals surface area contributed by atoms with Crippen LogP contribution >= 0.6 is 0 Å². The number of carbonyl (C=O) groups is 3. The Kier molecular flexibility index (Phi) is 15.9. The molecule has 0 aliphatic rings. The van der Waals surface area contributed by atoms with Crippen LogP contribution in [0.2, 0.25) is 0 Å². The molecule has 286 valence electrons. The van der Waals surface area contributed by atoms with E-state index >= 15 is 0 Å². The van der Waals surface area contributed by atoms with Crippen molar-refractivity contribution in [1.82, 2.24) is 0 Å². The average molecular weight is 743 g/mol. The maximum Gasteiger partial charge on any atom is 0.343 e. The second-order valence-electron chi connectivity index (χ2n) is 13.3. The molecule has 5 rings (SSSR count). The molecule has 0 atom stereocenters. The minimum Gasteiger partial charge on any atom is -0.494 e. The third-order valence-electron chi connectivity index (χ3n) is 8.95. The predicted octanol–water partition coefficient (Wildman–Crippen LogP) is 11.7. The van der Waals surface area contributed by atoms with Gasteiger partial charge in [0.1, 0.15) is 28.7 Å². The molecular formula is C47H50O8. The van der Waals surface area contributed by atoms with Crippen molar-refractivity contribution in [3.05, 3.63) is 138 Å². The Morgan fingerprint density at radius 2 is 0.782 bits per heavy atom. The van der Waals surface area contributed by atoms with Crippen molar-refractivity contribution in [3.8, 4) is 39.9 Å². The minimum absolute atomic E-state index is 0.298. The minimum atomic E-state index is -0.557. The fourth-order valence-corrected chi connectivity index (χ4v) is 5.75. The first-order chi connectivity index (χ1) is 26.9. The zero-order chi connectivity index (χ0) is 38.7. The molecule has 0 bridgehead atoms. The fraction of sp³-hybridized carbons (Fsp3) is 0.298. The van der Waals surface area contributed by atoms with Crippen molar-refractivity contribution in [2.45, 2.75) is 78.1 Å². The van der Waals surface area contributed by atoms with Crippen LogP contribution in [-0.4, -0.2) is 31.1 Å². The monoisotopic (exact) mass is 742 g/mol. The normalized spacial score (nSPS) is 10.7. The van der Waals surface area contributed by atoms with Gasteiger partial charge in [-0.25, -0.2) is 14.4 Å². The van der Waals surface area contributed by atoms with E-state index in [0.717, 1.165) is 48.3 Å². The van der Waals surface area contributed by atoms with E-state index in [2.05, 4.69) is 13.8 Å². The van der Waals surface area contributed by atoms with Gasteiger partial charge in [-0.1, -0.05) is 89.5 Å². The Hall–Kier alpha value is -5.89. The molecule has 0 aromatic heterocycles. The number of hydrogen-bond donors (Lipinski definition) is 0. The Morgan fingerprint density at radius 3 is 1.31 bits per heavy atom. The number of hydrogen-bond acceptors (Lipinski definition) is 8. The SMILES string of the molecule is CCCCCCCCCCOc1ccc(C(=O)Oc2ccc(C(=O)Oc3ccc(-c4cccc(C(=O)Oc5ccc(OCCCC)cc5)c4)cc3)cc2)cc1. The van der Waals surface area contributed by atoms with Crippen LogP contribution in [0.5, 0.6) is 28.7 Å². The predicted molar refractivity (Wildman–Crippen MR) is 215 cm³/mol. The van der Waals surface area contributed by atoms with Crippen LogP contribution in [0.4, 0.5) is 0 Å². The highest BCUT2D eigenvalue weighted by atomic mass is 16.5. The standard InChI is InChI=1S/C47H50O8/c1-3-5-7-8-9-10-11-12-33-52-40-22-18-36(19-23-40)45(48)54-43-26-20-37(21-27-43)46(49)53-42-24-16-35(17-25-42)38-14-13-15-39(34-38)47(50)55-44-30-28-41(29-31-44)51-32-6-4-2/h13-31,34H,3-12,32-33H2,1-2H3. The summed E-state index contributed by atoms with van der Waals surface area (Å²) >= 11 is 0. The summed E-state index contributed by atoms with van der Waals surface area (Å²) in [5.74, 6) is 0.990. The van der Waals surface area contributed by atoms with Gasteiger partial charge in [-0.3, -0.25) is 0 Å². The van der Waals surface area contributed by atoms with Gasteiger partial charge in [0, 0.05) is 0 Å². The van der Waals surface area contributed by atoms with Crippen LogP contribution in [0.3, 0.4) is 0 Å². The van der Waals surface area contributed by atoms with Gasteiger partial charge < -0.3 is 23.7 Å². The number of esters is 3. The molecule has 55 heavy (non-hydrogen) atoms. The summed E-state index contributed by atoms with van der Waals surface area (Å²) in [5.41, 5.74) is 2.72. The summed E-state index contributed by atoms with van der Waals surface area (Å²) < 4.78 is 28.2. The first-order valence-corrected chi connectivity index (χ1v) is 19.3. The second kappa shape index (κ2) is 21.7. The molecule has 0 saturated heterocycles. The highest BCUT2D eigenvalue weighted by Gasteiger charge is 2.14. The Balaban J connectivity index is 1.06. The molecule has 0 fully saturated rings. The smallest absolute Gasteiger partial charge is 0.343 e. The van der Waals surface area contributed by atoms with Crippen molar-refractivity contribution >= 4 is 17.9 Å². The summed E-state index contributed by atoms with van der Waals surface area (Å²) in [6, 6.07) is 34.2. The van der Waals surface area contributed by atoms with Crippen molar-refractivity contribution in [3.63, 3.8) is 0 Å². The molecule has 8 nitrogen and oxygen atoms in total. The molecular weight excluding hydrogens is 693 g/mol. The fourth-order valence-electron chi connectivity index (χ4n) is 5.75. The average Bonchev–Trinajstić information content (AvgIpc) is 3.21. The number of benzene rings is 5. The Bertz CT molecular complexity index is 1930. The van der Waals surface area contributed by atoms with E-state index < -0.39 is 17.9 Å². The van der Waals surface area contributed by atoms with Gasteiger partial charge in [-0.2, -0.15) is 0 Å². The highest BCUT2D eigenvalue weighted by Crippen LogP contribution is 2.26. The number of unbranched alkanes of at least 4 members (excludes halogenated alkanes) is 8. The van der Waals surface area contributed by atoms with Crippen LogP contribution in [0.15, 0.2) is 121 Å². The quantitative estimate of drug-likeness (QED) is 0.0416. The number of ether oxygens (including phenoxy) is 5. The highest BCUT2D eigenvalue weighted by molar-refractivity contribution is 5.93. The number of carbonyl (C=O) groups excluding carboxylic acids is 3. The van der Waals surface area contributed by atoms with Gasteiger partial charge in [0.15, 0.2) is 0 Å². The second-order valence-corrected chi connectivity index (χ2v) is 13.3. The lowest BCUT2D eigenvalue weighted by Gasteiger charge is -2.09. The molecule has 8 heteroatoms. The Labute approximate surface area is 324 Å². The maximum atomic E-state index is 12.9. The first kappa shape index (κ1) is 40.3. The van der Waals surface area contributed by atoms with Gasteiger partial charge in [-0.15, -0.1) is 0 Å². The third-order valence-corrected chi connectivity index (χ3v) is 8.95. The summed E-state index contributed by atoms with van der Waals surface area (Å²) in [4.78, 5) is 38.5. The lowest BCUT2D eigenvalue weighted by Crippen LogP contribution is -2.10. The maximum absolute atomic E-state index is 12.9. The summed E-state index contributed by atoms with van der Waals surface area (Å²) in [7, 11) is 0. The van der Waals surface area contributed by atoms with Crippen molar-refractivity contribution in [2.75, 3.05) is 13.2 Å². The van der Waals surface area contributed by atoms with Gasteiger partial charge in [0.25, 0.3) is 0 Å². The van der Waals surface area contributed by atoms with Crippen molar-refractivity contribution in [2.24, 2.45) is 0 Å². The molecule has 0 unspecified atom stereocenters. The van der Waals surface area contributed by atoms with Gasteiger partial charge in [-0.05, 0) is 121 Å². The van der Waals surface area contributed by atoms with E-state index in [1.165, 1.54) is 38.5 Å². The lowest BCUT2D eigenvalue weighted by atomic mass is 10.0. The van der Waals surface area contributed by atoms with Gasteiger partial charge in [0.05, 0.1) is 29.9 Å². The van der Waals surface area contributed by atoms with Crippen LogP contribution in [0, 0.1) is 0 Å². The molecule has 5 aromatic carbocycles. The summed E-state index contributed by atoms with van der Waals surface area (Å²) in [6.45, 7) is 5.64. The van der Waals surface area contributed by atoms with Crippen LogP contribution < -0.4 is 23.7 Å². The summed E-state index contributed by atoms with van der Waals surface area (Å²) in [6.07, 6.45) is 12.0. The zero-order valence-corrected chi connectivity index (χ0v) is 31.8. The molecule has 0 heterocycles. The van der Waals surface area contributed by atoms with Crippen LogP contribution in [0.1, 0.15) is 109 Å². The summed E-state index contributed by atoms with van der Waals surface area (Å²) in [5, 5.41) is 0. The largest absolute Gasteiger partial charge is 0.494 e. The molecule has 0 aliphatic heterocycles. The Morgan fingerprint density at radius 1 is 0.382 bits per heavy atom. The van der Waals surface area contributed by atoms with E-state index in [1.807, 2.05) is 18.2 Å². The molecule has 0 saturated carbocycles. The van der Waals surface area contributed by atoms with E-state index in [-0.39, 0.29) is 0 Å². The molecule has 5 aromatic rings. The topological polar surface area (TPSA) is 97.4 Å². The van der Waals surface area contributed by atoms with E-state index in [9.17, 15) is 14.4 Å².